The van der Waals surface area contributed by atoms with Crippen LogP contribution >= 0.6 is 11.6 Å². The molecule has 0 bridgehead atoms. The summed E-state index contributed by atoms with van der Waals surface area (Å²) in [4.78, 5) is 0. The van der Waals surface area contributed by atoms with Crippen LogP contribution in [0.5, 0.6) is 0 Å². The molecule has 0 radical (unpaired) electrons. The summed E-state index contributed by atoms with van der Waals surface area (Å²) >= 11 is 5.55. The van der Waals surface area contributed by atoms with Crippen molar-refractivity contribution in [1.29, 1.82) is 0 Å². The van der Waals surface area contributed by atoms with Crippen LogP contribution in [-0.2, 0) is 6.18 Å². The Kier molecular flexibility index (Phi) is 5.31. The van der Waals surface area contributed by atoms with Gasteiger partial charge in [0, 0.05) is 5.88 Å². The third-order valence-corrected chi connectivity index (χ3v) is 3.09. The number of hydrogen-bond acceptors (Lipinski definition) is 0. The van der Waals surface area contributed by atoms with Crippen LogP contribution in [0.2, 0.25) is 0 Å². The van der Waals surface area contributed by atoms with Gasteiger partial charge in [-0.25, -0.2) is 0 Å². The summed E-state index contributed by atoms with van der Waals surface area (Å²) in [5.41, 5.74) is -0.132. The molecule has 1 atom stereocenters. The molecule has 0 aliphatic carbocycles. The van der Waals surface area contributed by atoms with Gasteiger partial charge in [-0.05, 0) is 30.4 Å². The van der Waals surface area contributed by atoms with Crippen molar-refractivity contribution >= 4 is 11.6 Å². The summed E-state index contributed by atoms with van der Waals surface area (Å²) < 4.78 is 38.3. The van der Waals surface area contributed by atoms with Crippen LogP contribution in [0.15, 0.2) is 24.3 Å². The molecule has 1 aromatic carbocycles. The fourth-order valence-electron chi connectivity index (χ4n) is 1.89. The van der Waals surface area contributed by atoms with Gasteiger partial charge in [0.15, 0.2) is 0 Å². The van der Waals surface area contributed by atoms with Crippen LogP contribution in [0.25, 0.3) is 0 Å². The average Bonchev–Trinajstić information content (AvgIpc) is 2.28. The second-order valence-corrected chi connectivity index (χ2v) is 4.55. The summed E-state index contributed by atoms with van der Waals surface area (Å²) in [6.07, 6.45) is -1.83. The monoisotopic (exact) mass is 264 g/mol. The zero-order valence-corrected chi connectivity index (χ0v) is 10.5. The number of halogens is 4. The third-order valence-electron chi connectivity index (χ3n) is 2.82. The molecule has 96 valence electrons. The van der Waals surface area contributed by atoms with E-state index in [1.54, 1.807) is 12.1 Å². The van der Waals surface area contributed by atoms with Gasteiger partial charge >= 0.3 is 6.18 Å². The molecule has 0 spiro atoms. The topological polar surface area (TPSA) is 0 Å². The van der Waals surface area contributed by atoms with E-state index in [1.807, 2.05) is 6.92 Å². The molecule has 0 unspecified atom stereocenters. The molecule has 4 heteroatoms. The molecule has 0 aliphatic rings. The largest absolute Gasteiger partial charge is 0.416 e. The number of hydrogen-bond donors (Lipinski definition) is 0. The lowest BCUT2D eigenvalue weighted by Gasteiger charge is -2.18. The molecule has 0 aliphatic heterocycles. The van der Waals surface area contributed by atoms with E-state index in [1.165, 1.54) is 6.07 Å². The Morgan fingerprint density at radius 2 is 1.82 bits per heavy atom. The first-order valence-corrected chi connectivity index (χ1v) is 6.22. The molecule has 0 amide bonds. The van der Waals surface area contributed by atoms with Crippen LogP contribution in [0.1, 0.15) is 43.2 Å². The van der Waals surface area contributed by atoms with Gasteiger partial charge in [0.1, 0.15) is 0 Å². The highest BCUT2D eigenvalue weighted by Crippen LogP contribution is 2.36. The minimum Gasteiger partial charge on any atom is -0.166 e. The SMILES string of the molecule is C[C@@H](CCCCCl)c1ccccc1C(F)(F)F. The number of benzene rings is 1. The Labute approximate surface area is 105 Å². The highest BCUT2D eigenvalue weighted by atomic mass is 35.5. The predicted octanol–water partition coefficient (Wildman–Crippen LogP) is 5.22. The number of alkyl halides is 4. The lowest BCUT2D eigenvalue weighted by Crippen LogP contribution is -2.10. The minimum atomic E-state index is -4.27. The average molecular weight is 265 g/mol. The summed E-state index contributed by atoms with van der Waals surface area (Å²) in [6.45, 7) is 1.83. The summed E-state index contributed by atoms with van der Waals surface area (Å²) in [6, 6.07) is 5.79. The molecule has 0 saturated carbocycles. The summed E-state index contributed by atoms with van der Waals surface area (Å²) in [5, 5.41) is 0. The van der Waals surface area contributed by atoms with E-state index < -0.39 is 11.7 Å². The van der Waals surface area contributed by atoms with E-state index in [-0.39, 0.29) is 5.92 Å². The quantitative estimate of drug-likeness (QED) is 0.505. The first-order chi connectivity index (χ1) is 7.96. The maximum atomic E-state index is 12.8. The van der Waals surface area contributed by atoms with Gasteiger partial charge in [-0.15, -0.1) is 11.6 Å². The molecule has 17 heavy (non-hydrogen) atoms. The Morgan fingerprint density at radius 3 is 2.41 bits per heavy atom. The standard InChI is InChI=1S/C13H16ClF3/c1-10(6-4-5-9-14)11-7-2-3-8-12(11)13(15,16)17/h2-3,7-8,10H,4-6,9H2,1H3/t10-/m0/s1. The zero-order chi connectivity index (χ0) is 12.9. The van der Waals surface area contributed by atoms with E-state index in [4.69, 9.17) is 11.6 Å². The van der Waals surface area contributed by atoms with Gasteiger partial charge < -0.3 is 0 Å². The van der Waals surface area contributed by atoms with Gasteiger partial charge in [0.2, 0.25) is 0 Å². The van der Waals surface area contributed by atoms with Crippen LogP contribution in [0.4, 0.5) is 13.2 Å². The van der Waals surface area contributed by atoms with Crippen molar-refractivity contribution < 1.29 is 13.2 Å². The Balaban J connectivity index is 2.82. The van der Waals surface area contributed by atoms with Crippen molar-refractivity contribution in [2.75, 3.05) is 5.88 Å². The lowest BCUT2D eigenvalue weighted by atomic mass is 9.91. The van der Waals surface area contributed by atoms with Crippen molar-refractivity contribution in [2.24, 2.45) is 0 Å². The normalized spacial score (nSPS) is 13.7. The predicted molar refractivity (Wildman–Crippen MR) is 64.4 cm³/mol. The minimum absolute atomic E-state index is 0.0870. The fraction of sp³-hybridized carbons (Fsp3) is 0.538. The van der Waals surface area contributed by atoms with Crippen LogP contribution < -0.4 is 0 Å². The zero-order valence-electron chi connectivity index (χ0n) is 9.73. The molecule has 0 fully saturated rings. The number of rotatable bonds is 5. The maximum absolute atomic E-state index is 12.8. The molecule has 0 aromatic heterocycles. The summed E-state index contributed by atoms with van der Waals surface area (Å²) in [5.74, 6) is 0.476. The van der Waals surface area contributed by atoms with Gasteiger partial charge in [0.05, 0.1) is 5.56 Å². The molecule has 0 saturated heterocycles. The van der Waals surface area contributed by atoms with E-state index in [0.717, 1.165) is 25.3 Å². The maximum Gasteiger partial charge on any atom is 0.416 e. The van der Waals surface area contributed by atoms with Crippen molar-refractivity contribution in [1.82, 2.24) is 0 Å². The van der Waals surface area contributed by atoms with Crippen molar-refractivity contribution in [3.63, 3.8) is 0 Å². The van der Waals surface area contributed by atoms with Crippen LogP contribution in [0.3, 0.4) is 0 Å². The molecule has 0 heterocycles. The smallest absolute Gasteiger partial charge is 0.166 e. The number of unbranched alkanes of at least 4 members (excludes halogenated alkanes) is 1. The molecule has 0 N–H and O–H groups in total. The van der Waals surface area contributed by atoms with Crippen molar-refractivity contribution in [2.45, 2.75) is 38.3 Å². The third kappa shape index (κ3) is 4.23. The van der Waals surface area contributed by atoms with Gasteiger partial charge in [-0.1, -0.05) is 31.5 Å². The molecule has 0 nitrogen and oxygen atoms in total. The van der Waals surface area contributed by atoms with E-state index in [9.17, 15) is 13.2 Å². The second kappa shape index (κ2) is 6.29. The van der Waals surface area contributed by atoms with E-state index in [0.29, 0.717) is 11.4 Å². The second-order valence-electron chi connectivity index (χ2n) is 4.17. The fourth-order valence-corrected chi connectivity index (χ4v) is 2.07. The van der Waals surface area contributed by atoms with E-state index >= 15 is 0 Å². The van der Waals surface area contributed by atoms with Gasteiger partial charge in [-0.2, -0.15) is 13.2 Å². The van der Waals surface area contributed by atoms with Gasteiger partial charge in [-0.3, -0.25) is 0 Å². The summed E-state index contributed by atoms with van der Waals surface area (Å²) in [7, 11) is 0. The van der Waals surface area contributed by atoms with Crippen molar-refractivity contribution in [3.05, 3.63) is 35.4 Å². The molecule has 1 aromatic rings. The van der Waals surface area contributed by atoms with Gasteiger partial charge in [0.25, 0.3) is 0 Å². The molecular weight excluding hydrogens is 249 g/mol. The molecule has 1 rings (SSSR count). The molecular formula is C13H16ClF3. The van der Waals surface area contributed by atoms with Crippen molar-refractivity contribution in [3.8, 4) is 0 Å². The first kappa shape index (κ1) is 14.4. The van der Waals surface area contributed by atoms with E-state index in [2.05, 4.69) is 0 Å². The lowest BCUT2D eigenvalue weighted by molar-refractivity contribution is -0.138. The highest BCUT2D eigenvalue weighted by Gasteiger charge is 2.33. The highest BCUT2D eigenvalue weighted by molar-refractivity contribution is 6.17. The first-order valence-electron chi connectivity index (χ1n) is 5.69. The van der Waals surface area contributed by atoms with Crippen LogP contribution in [-0.4, -0.2) is 5.88 Å². The Hall–Kier alpha value is -0.700. The van der Waals surface area contributed by atoms with Crippen LogP contribution in [0, 0.1) is 0 Å². The Bertz CT molecular complexity index is 347. The Morgan fingerprint density at radius 1 is 1.18 bits per heavy atom.